The Morgan fingerprint density at radius 3 is 2.81 bits per heavy atom. The molecule has 4 rings (SSSR count). The summed E-state index contributed by atoms with van der Waals surface area (Å²) in [4.78, 5) is 23.6. The number of rotatable bonds is 5. The van der Waals surface area contributed by atoms with E-state index in [1.165, 1.54) is 45.2 Å². The Kier molecular flexibility index (Phi) is 5.63. The average Bonchev–Trinajstić information content (AvgIpc) is 2.73. The molecule has 2 atom stereocenters. The molecule has 27 heavy (non-hydrogen) atoms. The first-order valence-corrected chi connectivity index (χ1v) is 9.96. The van der Waals surface area contributed by atoms with Gasteiger partial charge in [0.1, 0.15) is 0 Å². The minimum Gasteiger partial charge on any atom is -0.352 e. The molecule has 3 heterocycles. The third-order valence-corrected chi connectivity index (χ3v) is 5.70. The third-order valence-electron chi connectivity index (χ3n) is 5.70. The topological polar surface area (TPSA) is 70.2 Å². The molecule has 0 radical (unpaired) electrons. The molecule has 0 spiro atoms. The fraction of sp³-hybridized carbons (Fsp3) is 0.476. The molecule has 2 saturated heterocycles. The Morgan fingerprint density at radius 1 is 1.07 bits per heavy atom. The SMILES string of the molecule is O=C(NC[C@@H]1CCCN2CCCC[C@H]12)c1cccc(Nc2ncccn2)c1. The molecule has 2 aromatic rings. The quantitative estimate of drug-likeness (QED) is 0.851. The standard InChI is InChI=1S/C21H27N5O/c27-20(24-15-17-7-4-13-26-12-2-1-9-19(17)26)16-6-3-8-18(14-16)25-21-22-10-5-11-23-21/h3,5-6,8,10-11,14,17,19H,1-2,4,7,9,12-13,15H2,(H,24,27)(H,22,23,25)/t17-,19+/m0/s1. The van der Waals surface area contributed by atoms with Crippen molar-refractivity contribution in [2.75, 3.05) is 25.0 Å². The predicted octanol–water partition coefficient (Wildman–Crippen LogP) is 3.21. The molecule has 1 aromatic carbocycles. The fourth-order valence-corrected chi connectivity index (χ4v) is 4.37. The molecule has 2 aliphatic rings. The Labute approximate surface area is 160 Å². The van der Waals surface area contributed by atoms with Crippen molar-refractivity contribution >= 4 is 17.5 Å². The summed E-state index contributed by atoms with van der Waals surface area (Å²) in [5, 5.41) is 6.30. The van der Waals surface area contributed by atoms with Crippen LogP contribution in [0.1, 0.15) is 42.5 Å². The fourth-order valence-electron chi connectivity index (χ4n) is 4.37. The lowest BCUT2D eigenvalue weighted by atomic mass is 9.83. The van der Waals surface area contributed by atoms with E-state index in [4.69, 9.17) is 0 Å². The Morgan fingerprint density at radius 2 is 1.93 bits per heavy atom. The molecule has 0 bridgehead atoms. The average molecular weight is 365 g/mol. The van der Waals surface area contributed by atoms with Gasteiger partial charge in [0.05, 0.1) is 0 Å². The second kappa shape index (κ2) is 8.48. The summed E-state index contributed by atoms with van der Waals surface area (Å²) in [6, 6.07) is 9.90. The number of hydrogen-bond acceptors (Lipinski definition) is 5. The van der Waals surface area contributed by atoms with Crippen molar-refractivity contribution in [2.24, 2.45) is 5.92 Å². The van der Waals surface area contributed by atoms with Crippen molar-refractivity contribution in [1.29, 1.82) is 0 Å². The first-order chi connectivity index (χ1) is 13.3. The summed E-state index contributed by atoms with van der Waals surface area (Å²) in [5.41, 5.74) is 1.47. The van der Waals surface area contributed by atoms with E-state index in [1.54, 1.807) is 18.5 Å². The normalized spacial score (nSPS) is 22.7. The molecule has 0 aliphatic carbocycles. The maximum atomic E-state index is 12.7. The number of piperidine rings is 2. The lowest BCUT2D eigenvalue weighted by Crippen LogP contribution is -2.51. The number of nitrogens with zero attached hydrogens (tertiary/aromatic N) is 3. The van der Waals surface area contributed by atoms with Gasteiger partial charge in [0.15, 0.2) is 0 Å². The smallest absolute Gasteiger partial charge is 0.251 e. The van der Waals surface area contributed by atoms with Crippen LogP contribution >= 0.6 is 0 Å². The van der Waals surface area contributed by atoms with Crippen LogP contribution in [0.3, 0.4) is 0 Å². The number of fused-ring (bicyclic) bond motifs is 1. The summed E-state index contributed by atoms with van der Waals surface area (Å²) in [5.74, 6) is 1.08. The summed E-state index contributed by atoms with van der Waals surface area (Å²) < 4.78 is 0. The van der Waals surface area contributed by atoms with E-state index >= 15 is 0 Å². The molecule has 0 saturated carbocycles. The van der Waals surface area contributed by atoms with Crippen molar-refractivity contribution in [1.82, 2.24) is 20.2 Å². The summed E-state index contributed by atoms with van der Waals surface area (Å²) in [6.07, 6.45) is 9.75. The van der Waals surface area contributed by atoms with Gasteiger partial charge in [-0.05, 0) is 69.0 Å². The minimum atomic E-state index is -0.0134. The summed E-state index contributed by atoms with van der Waals surface area (Å²) in [7, 11) is 0. The van der Waals surface area contributed by atoms with Crippen molar-refractivity contribution in [3.05, 3.63) is 48.3 Å². The van der Waals surface area contributed by atoms with E-state index in [-0.39, 0.29) is 5.91 Å². The first kappa shape index (κ1) is 17.9. The van der Waals surface area contributed by atoms with Crippen molar-refractivity contribution in [2.45, 2.75) is 38.1 Å². The van der Waals surface area contributed by atoms with E-state index in [0.29, 0.717) is 23.5 Å². The monoisotopic (exact) mass is 365 g/mol. The number of benzene rings is 1. The van der Waals surface area contributed by atoms with E-state index in [0.717, 1.165) is 12.2 Å². The Bertz CT molecular complexity index is 764. The molecular formula is C21H27N5O. The van der Waals surface area contributed by atoms with Crippen molar-refractivity contribution in [3.8, 4) is 0 Å². The highest BCUT2D eigenvalue weighted by atomic mass is 16.1. The number of carbonyl (C=O) groups is 1. The zero-order valence-corrected chi connectivity index (χ0v) is 15.6. The van der Waals surface area contributed by atoms with Gasteiger partial charge in [-0.3, -0.25) is 4.79 Å². The van der Waals surface area contributed by atoms with Gasteiger partial charge < -0.3 is 15.5 Å². The van der Waals surface area contributed by atoms with Crippen LogP contribution in [0.5, 0.6) is 0 Å². The Balaban J connectivity index is 1.36. The highest BCUT2D eigenvalue weighted by molar-refractivity contribution is 5.95. The molecule has 0 unspecified atom stereocenters. The van der Waals surface area contributed by atoms with Gasteiger partial charge in [-0.1, -0.05) is 12.5 Å². The van der Waals surface area contributed by atoms with Crippen molar-refractivity contribution < 1.29 is 4.79 Å². The van der Waals surface area contributed by atoms with Gasteiger partial charge in [0.2, 0.25) is 5.95 Å². The van der Waals surface area contributed by atoms with Gasteiger partial charge in [-0.25, -0.2) is 9.97 Å². The number of carbonyl (C=O) groups excluding carboxylic acids is 1. The highest BCUT2D eigenvalue weighted by Gasteiger charge is 2.32. The van der Waals surface area contributed by atoms with Crippen LogP contribution in [0.2, 0.25) is 0 Å². The third kappa shape index (κ3) is 4.45. The van der Waals surface area contributed by atoms with Crippen LogP contribution < -0.4 is 10.6 Å². The number of hydrogen-bond donors (Lipinski definition) is 2. The number of aromatic nitrogens is 2. The molecule has 6 nitrogen and oxygen atoms in total. The van der Waals surface area contributed by atoms with Crippen molar-refractivity contribution in [3.63, 3.8) is 0 Å². The molecular weight excluding hydrogens is 338 g/mol. The maximum absolute atomic E-state index is 12.7. The lowest BCUT2D eigenvalue weighted by Gasteiger charge is -2.44. The zero-order valence-electron chi connectivity index (χ0n) is 15.6. The van der Waals surface area contributed by atoms with Gasteiger partial charge in [0, 0.05) is 36.2 Å². The van der Waals surface area contributed by atoms with Crippen LogP contribution in [0.15, 0.2) is 42.7 Å². The van der Waals surface area contributed by atoms with Crippen LogP contribution in [0.4, 0.5) is 11.6 Å². The van der Waals surface area contributed by atoms with Gasteiger partial charge in [-0.2, -0.15) is 0 Å². The first-order valence-electron chi connectivity index (χ1n) is 9.96. The number of nitrogens with one attached hydrogen (secondary N) is 2. The minimum absolute atomic E-state index is 0.0134. The molecule has 142 valence electrons. The second-order valence-electron chi connectivity index (χ2n) is 7.49. The van der Waals surface area contributed by atoms with Crippen LogP contribution in [0, 0.1) is 5.92 Å². The predicted molar refractivity (Wildman–Crippen MR) is 106 cm³/mol. The molecule has 1 aromatic heterocycles. The summed E-state index contributed by atoms with van der Waals surface area (Å²) >= 11 is 0. The van der Waals surface area contributed by atoms with E-state index < -0.39 is 0 Å². The molecule has 2 aliphatic heterocycles. The van der Waals surface area contributed by atoms with E-state index in [1.807, 2.05) is 24.3 Å². The molecule has 2 N–H and O–H groups in total. The zero-order chi connectivity index (χ0) is 18.5. The number of amides is 1. The number of anilines is 2. The molecule has 6 heteroatoms. The van der Waals surface area contributed by atoms with Crippen LogP contribution in [0.25, 0.3) is 0 Å². The lowest BCUT2D eigenvalue weighted by molar-refractivity contribution is 0.0575. The largest absolute Gasteiger partial charge is 0.352 e. The molecule has 2 fully saturated rings. The van der Waals surface area contributed by atoms with E-state index in [9.17, 15) is 4.79 Å². The van der Waals surface area contributed by atoms with Gasteiger partial charge in [-0.15, -0.1) is 0 Å². The van der Waals surface area contributed by atoms with Crippen LogP contribution in [-0.2, 0) is 0 Å². The Hall–Kier alpha value is -2.47. The highest BCUT2D eigenvalue weighted by Crippen LogP contribution is 2.30. The van der Waals surface area contributed by atoms with Crippen LogP contribution in [-0.4, -0.2) is 46.5 Å². The van der Waals surface area contributed by atoms with E-state index in [2.05, 4.69) is 25.5 Å². The maximum Gasteiger partial charge on any atom is 0.251 e. The van der Waals surface area contributed by atoms with Gasteiger partial charge in [0.25, 0.3) is 5.91 Å². The second-order valence-corrected chi connectivity index (χ2v) is 7.49. The summed E-state index contributed by atoms with van der Waals surface area (Å²) in [6.45, 7) is 3.22. The van der Waals surface area contributed by atoms with Gasteiger partial charge >= 0.3 is 0 Å². The molecule has 1 amide bonds.